The number of amidine groups is 1. The lowest BCUT2D eigenvalue weighted by Crippen LogP contribution is -2.31. The quantitative estimate of drug-likeness (QED) is 0.360. The van der Waals surface area contributed by atoms with Crippen molar-refractivity contribution in [2.75, 3.05) is 24.0 Å². The lowest BCUT2D eigenvalue weighted by Gasteiger charge is -2.28. The number of nitrogens with two attached hydrogens (primary N) is 1. The number of hydrogen-bond donors (Lipinski definition) is 2. The fourth-order valence-corrected chi connectivity index (χ4v) is 2.73. The molecule has 3 N–H and O–H groups in total. The fraction of sp³-hybridized carbons (Fsp3) is 0.462. The predicted molar refractivity (Wildman–Crippen MR) is 87.5 cm³/mol. The molecule has 0 heterocycles. The van der Waals surface area contributed by atoms with E-state index in [9.17, 15) is 0 Å². The molecular weight excluding hydrogens is 326 g/mol. The molecule has 0 spiro atoms. The van der Waals surface area contributed by atoms with Crippen LogP contribution in [0.1, 0.15) is 18.9 Å². The second-order valence-electron chi connectivity index (χ2n) is 4.39. The molecule has 0 aliphatic rings. The van der Waals surface area contributed by atoms with E-state index in [4.69, 9.17) is 10.9 Å². The van der Waals surface area contributed by atoms with E-state index in [0.717, 1.165) is 27.9 Å². The molecule has 6 heteroatoms. The Morgan fingerprint density at radius 2 is 2.26 bits per heavy atom. The number of nitrogens with zero attached hydrogens (tertiary/aromatic N) is 2. The monoisotopic (exact) mass is 345 g/mol. The molecule has 0 aliphatic carbocycles. The SMILES string of the molecule is CSCCC(C)N(C)c1ccc(Br)cc1/C(N)=N/O. The van der Waals surface area contributed by atoms with Crippen molar-refractivity contribution >= 4 is 39.2 Å². The number of anilines is 1. The first-order valence-electron chi connectivity index (χ1n) is 6.00. The van der Waals surface area contributed by atoms with Gasteiger partial charge in [0.2, 0.25) is 0 Å². The van der Waals surface area contributed by atoms with Gasteiger partial charge in [-0.25, -0.2) is 0 Å². The van der Waals surface area contributed by atoms with Crippen molar-refractivity contribution in [3.63, 3.8) is 0 Å². The molecule has 0 radical (unpaired) electrons. The molecule has 1 aromatic rings. The van der Waals surface area contributed by atoms with Gasteiger partial charge in [0.15, 0.2) is 5.84 Å². The van der Waals surface area contributed by atoms with E-state index in [1.165, 1.54) is 0 Å². The Morgan fingerprint density at radius 3 is 2.84 bits per heavy atom. The van der Waals surface area contributed by atoms with Crippen LogP contribution in [0, 0.1) is 0 Å². The lowest BCUT2D eigenvalue weighted by atomic mass is 10.1. The van der Waals surface area contributed by atoms with Crippen molar-refractivity contribution in [2.45, 2.75) is 19.4 Å². The maximum absolute atomic E-state index is 8.89. The molecule has 1 unspecified atom stereocenters. The minimum atomic E-state index is 0.125. The first-order chi connectivity index (χ1) is 9.01. The van der Waals surface area contributed by atoms with Crippen LogP contribution in [0.2, 0.25) is 0 Å². The fourth-order valence-electron chi connectivity index (χ4n) is 1.79. The van der Waals surface area contributed by atoms with E-state index in [0.29, 0.717) is 6.04 Å². The van der Waals surface area contributed by atoms with Gasteiger partial charge in [0.05, 0.1) is 0 Å². The molecule has 0 saturated carbocycles. The zero-order valence-corrected chi connectivity index (χ0v) is 13.8. The van der Waals surface area contributed by atoms with E-state index in [-0.39, 0.29) is 5.84 Å². The molecule has 1 rings (SSSR count). The van der Waals surface area contributed by atoms with Crippen LogP contribution in [0.15, 0.2) is 27.8 Å². The minimum absolute atomic E-state index is 0.125. The summed E-state index contributed by atoms with van der Waals surface area (Å²) in [6, 6.07) is 6.19. The van der Waals surface area contributed by atoms with Gasteiger partial charge in [-0.05, 0) is 43.6 Å². The number of rotatable bonds is 6. The zero-order chi connectivity index (χ0) is 14.4. The third-order valence-electron chi connectivity index (χ3n) is 3.12. The van der Waals surface area contributed by atoms with Crippen LogP contribution in [0.5, 0.6) is 0 Å². The summed E-state index contributed by atoms with van der Waals surface area (Å²) >= 11 is 5.25. The molecule has 0 amide bonds. The van der Waals surface area contributed by atoms with E-state index < -0.39 is 0 Å². The standard InChI is InChI=1S/C13H20BrN3OS/c1-9(6-7-19-3)17(2)12-5-4-10(14)8-11(12)13(15)16-18/h4-5,8-9,18H,6-7H2,1-3H3,(H2,15,16). The Labute approximate surface area is 127 Å². The third kappa shape index (κ3) is 4.31. The Balaban J connectivity index is 3.05. The van der Waals surface area contributed by atoms with Gasteiger partial charge in [-0.15, -0.1) is 0 Å². The van der Waals surface area contributed by atoms with Gasteiger partial charge in [0.1, 0.15) is 0 Å². The van der Waals surface area contributed by atoms with Crippen molar-refractivity contribution in [2.24, 2.45) is 10.9 Å². The topological polar surface area (TPSA) is 61.8 Å². The average Bonchev–Trinajstić information content (AvgIpc) is 2.42. The predicted octanol–water partition coefficient (Wildman–Crippen LogP) is 3.12. The molecule has 106 valence electrons. The molecule has 19 heavy (non-hydrogen) atoms. The molecule has 4 nitrogen and oxygen atoms in total. The van der Waals surface area contributed by atoms with Crippen molar-refractivity contribution in [3.05, 3.63) is 28.2 Å². The average molecular weight is 346 g/mol. The highest BCUT2D eigenvalue weighted by Gasteiger charge is 2.16. The van der Waals surface area contributed by atoms with Gasteiger partial charge in [-0.3, -0.25) is 0 Å². The van der Waals surface area contributed by atoms with Crippen molar-refractivity contribution in [3.8, 4) is 0 Å². The smallest absolute Gasteiger partial charge is 0.172 e. The molecular formula is C13H20BrN3OS. The number of benzene rings is 1. The normalized spacial score (nSPS) is 13.4. The highest BCUT2D eigenvalue weighted by atomic mass is 79.9. The van der Waals surface area contributed by atoms with Crippen LogP contribution >= 0.6 is 27.7 Å². The summed E-state index contributed by atoms with van der Waals surface area (Å²) < 4.78 is 0.906. The van der Waals surface area contributed by atoms with Crippen LogP contribution in [-0.2, 0) is 0 Å². The van der Waals surface area contributed by atoms with Crippen LogP contribution in [-0.4, -0.2) is 36.1 Å². The van der Waals surface area contributed by atoms with Crippen LogP contribution < -0.4 is 10.6 Å². The van der Waals surface area contributed by atoms with Crippen LogP contribution in [0.3, 0.4) is 0 Å². The molecule has 0 bridgehead atoms. The van der Waals surface area contributed by atoms with E-state index in [2.05, 4.69) is 39.2 Å². The van der Waals surface area contributed by atoms with Crippen LogP contribution in [0.4, 0.5) is 5.69 Å². The first kappa shape index (κ1) is 16.2. The van der Waals surface area contributed by atoms with E-state index in [1.54, 1.807) is 0 Å². The Kier molecular flexibility index (Phi) is 6.51. The summed E-state index contributed by atoms with van der Waals surface area (Å²) in [5, 5.41) is 12.0. The van der Waals surface area contributed by atoms with Gasteiger partial charge in [-0.2, -0.15) is 11.8 Å². The minimum Gasteiger partial charge on any atom is -0.409 e. The second-order valence-corrected chi connectivity index (χ2v) is 6.29. The zero-order valence-electron chi connectivity index (χ0n) is 11.4. The summed E-state index contributed by atoms with van der Waals surface area (Å²) in [6.07, 6.45) is 3.19. The van der Waals surface area contributed by atoms with Crippen molar-refractivity contribution < 1.29 is 5.21 Å². The number of oxime groups is 1. The molecule has 1 aromatic carbocycles. The molecule has 0 aliphatic heterocycles. The summed E-state index contributed by atoms with van der Waals surface area (Å²) in [7, 11) is 2.03. The molecule has 1 atom stereocenters. The van der Waals surface area contributed by atoms with Crippen molar-refractivity contribution in [1.82, 2.24) is 0 Å². The molecule has 0 fully saturated rings. The lowest BCUT2D eigenvalue weighted by molar-refractivity contribution is 0.318. The summed E-state index contributed by atoms with van der Waals surface area (Å²) in [5.41, 5.74) is 7.45. The Bertz CT molecular complexity index is 454. The molecule has 0 aromatic heterocycles. The van der Waals surface area contributed by atoms with Crippen molar-refractivity contribution in [1.29, 1.82) is 0 Å². The van der Waals surface area contributed by atoms with Gasteiger partial charge < -0.3 is 15.8 Å². The van der Waals surface area contributed by atoms with Gasteiger partial charge in [0.25, 0.3) is 0 Å². The third-order valence-corrected chi connectivity index (χ3v) is 4.26. The van der Waals surface area contributed by atoms with E-state index >= 15 is 0 Å². The second kappa shape index (κ2) is 7.65. The number of hydrogen-bond acceptors (Lipinski definition) is 4. The largest absolute Gasteiger partial charge is 0.409 e. The summed E-state index contributed by atoms with van der Waals surface area (Å²) in [5.74, 6) is 1.24. The highest BCUT2D eigenvalue weighted by Crippen LogP contribution is 2.26. The molecule has 0 saturated heterocycles. The summed E-state index contributed by atoms with van der Waals surface area (Å²) in [4.78, 5) is 2.16. The number of halogens is 1. The highest BCUT2D eigenvalue weighted by molar-refractivity contribution is 9.10. The Morgan fingerprint density at radius 1 is 1.58 bits per heavy atom. The number of thioether (sulfide) groups is 1. The maximum Gasteiger partial charge on any atom is 0.172 e. The summed E-state index contributed by atoms with van der Waals surface area (Å²) in [6.45, 7) is 2.17. The maximum atomic E-state index is 8.89. The first-order valence-corrected chi connectivity index (χ1v) is 8.19. The van der Waals surface area contributed by atoms with Gasteiger partial charge in [0, 0.05) is 28.8 Å². The van der Waals surface area contributed by atoms with E-state index in [1.807, 2.05) is 37.0 Å². The van der Waals surface area contributed by atoms with Gasteiger partial charge >= 0.3 is 0 Å². The van der Waals surface area contributed by atoms with Gasteiger partial charge in [-0.1, -0.05) is 21.1 Å². The van der Waals surface area contributed by atoms with Crippen LogP contribution in [0.25, 0.3) is 0 Å². The Hall–Kier alpha value is -0.880.